The van der Waals surface area contributed by atoms with E-state index in [1.807, 2.05) is 22.9 Å². The summed E-state index contributed by atoms with van der Waals surface area (Å²) in [5.74, 6) is 1.20. The summed E-state index contributed by atoms with van der Waals surface area (Å²) < 4.78 is 6.95. The van der Waals surface area contributed by atoms with Crippen molar-refractivity contribution in [1.82, 2.24) is 19.7 Å². The summed E-state index contributed by atoms with van der Waals surface area (Å²) in [5, 5.41) is 4.96. The van der Waals surface area contributed by atoms with Crippen molar-refractivity contribution in [2.75, 3.05) is 0 Å². The van der Waals surface area contributed by atoms with Gasteiger partial charge in [0.15, 0.2) is 5.82 Å². The quantitative estimate of drug-likeness (QED) is 0.748. The first-order valence-electron chi connectivity index (χ1n) is 5.70. The first kappa shape index (κ1) is 10.9. The van der Waals surface area contributed by atoms with Gasteiger partial charge in [-0.1, -0.05) is 5.16 Å². The number of aromatic nitrogens is 4. The van der Waals surface area contributed by atoms with Crippen LogP contribution in [-0.2, 0) is 13.1 Å². The van der Waals surface area contributed by atoms with Crippen LogP contribution in [0.4, 0.5) is 0 Å². The van der Waals surface area contributed by atoms with Gasteiger partial charge in [0.1, 0.15) is 5.65 Å². The maximum Gasteiger partial charge on any atom is 0.223 e. The summed E-state index contributed by atoms with van der Waals surface area (Å²) in [6.07, 6.45) is 3.75. The highest BCUT2D eigenvalue weighted by Gasteiger charge is 2.10. The minimum Gasteiger partial charge on any atom is -0.340 e. The van der Waals surface area contributed by atoms with Crippen LogP contribution < -0.4 is 5.73 Å². The normalized spacial score (nSPS) is 11.2. The van der Waals surface area contributed by atoms with E-state index in [1.54, 1.807) is 13.1 Å². The van der Waals surface area contributed by atoms with Gasteiger partial charge < -0.3 is 14.8 Å². The van der Waals surface area contributed by atoms with E-state index in [1.165, 1.54) is 0 Å². The molecule has 0 aliphatic rings. The minimum atomic E-state index is 0.487. The van der Waals surface area contributed by atoms with E-state index in [4.69, 9.17) is 10.3 Å². The lowest BCUT2D eigenvalue weighted by atomic mass is 10.2. The fraction of sp³-hybridized carbons (Fsp3) is 0.250. The van der Waals surface area contributed by atoms with E-state index >= 15 is 0 Å². The third-order valence-electron chi connectivity index (χ3n) is 2.82. The minimum absolute atomic E-state index is 0.487. The van der Waals surface area contributed by atoms with Gasteiger partial charge in [-0.05, 0) is 17.7 Å². The third kappa shape index (κ3) is 1.76. The van der Waals surface area contributed by atoms with Crippen molar-refractivity contribution < 1.29 is 4.52 Å². The molecule has 0 atom stereocenters. The maximum absolute atomic E-state index is 5.74. The Hall–Kier alpha value is -2.21. The van der Waals surface area contributed by atoms with Crippen LogP contribution >= 0.6 is 0 Å². The van der Waals surface area contributed by atoms with Gasteiger partial charge in [0.2, 0.25) is 5.89 Å². The molecule has 0 saturated carbocycles. The fourth-order valence-electron chi connectivity index (χ4n) is 2.04. The monoisotopic (exact) mass is 243 g/mol. The Bertz CT molecular complexity index is 685. The number of pyridine rings is 1. The summed E-state index contributed by atoms with van der Waals surface area (Å²) in [4.78, 5) is 8.56. The molecule has 6 nitrogen and oxygen atoms in total. The van der Waals surface area contributed by atoms with Crippen molar-refractivity contribution in [3.63, 3.8) is 0 Å². The molecule has 0 spiro atoms. The van der Waals surface area contributed by atoms with E-state index < -0.39 is 0 Å². The molecular weight excluding hydrogens is 230 g/mol. The Morgan fingerprint density at radius 1 is 1.44 bits per heavy atom. The Labute approximate surface area is 103 Å². The molecule has 3 aromatic heterocycles. The van der Waals surface area contributed by atoms with E-state index in [2.05, 4.69) is 15.1 Å². The van der Waals surface area contributed by atoms with E-state index in [0.717, 1.165) is 16.6 Å². The molecule has 0 unspecified atom stereocenters. The number of nitrogens with zero attached hydrogens (tertiary/aromatic N) is 4. The van der Waals surface area contributed by atoms with Crippen molar-refractivity contribution in [3.05, 3.63) is 41.8 Å². The van der Waals surface area contributed by atoms with Crippen LogP contribution in [0.3, 0.4) is 0 Å². The highest BCUT2D eigenvalue weighted by molar-refractivity contribution is 5.80. The lowest BCUT2D eigenvalue weighted by molar-refractivity contribution is 0.386. The van der Waals surface area contributed by atoms with Crippen molar-refractivity contribution >= 4 is 11.0 Å². The van der Waals surface area contributed by atoms with Gasteiger partial charge in [-0.25, -0.2) is 4.98 Å². The highest BCUT2D eigenvalue weighted by atomic mass is 16.5. The number of nitrogens with two attached hydrogens (primary N) is 1. The molecule has 0 aliphatic carbocycles. The van der Waals surface area contributed by atoms with Crippen LogP contribution in [0, 0.1) is 6.92 Å². The van der Waals surface area contributed by atoms with Crippen LogP contribution in [0.25, 0.3) is 11.0 Å². The molecule has 6 heteroatoms. The predicted octanol–water partition coefficient (Wildman–Crippen LogP) is 1.23. The Morgan fingerprint density at radius 2 is 2.33 bits per heavy atom. The number of rotatable bonds is 3. The van der Waals surface area contributed by atoms with Gasteiger partial charge in [-0.3, -0.25) is 0 Å². The predicted molar refractivity (Wildman–Crippen MR) is 65.8 cm³/mol. The van der Waals surface area contributed by atoms with Gasteiger partial charge in [0.05, 0.1) is 6.54 Å². The fourth-order valence-corrected chi connectivity index (χ4v) is 2.04. The molecule has 3 aromatic rings. The zero-order valence-electron chi connectivity index (χ0n) is 10.00. The maximum atomic E-state index is 5.74. The summed E-state index contributed by atoms with van der Waals surface area (Å²) in [6.45, 7) is 2.79. The van der Waals surface area contributed by atoms with Crippen LogP contribution in [-0.4, -0.2) is 19.7 Å². The first-order chi connectivity index (χ1) is 8.78. The van der Waals surface area contributed by atoms with Crippen LogP contribution in [0.5, 0.6) is 0 Å². The van der Waals surface area contributed by atoms with Crippen molar-refractivity contribution in [3.8, 4) is 0 Å². The molecule has 92 valence electrons. The number of hydrogen-bond donors (Lipinski definition) is 1. The molecule has 0 radical (unpaired) electrons. The van der Waals surface area contributed by atoms with Crippen LogP contribution in [0.1, 0.15) is 17.3 Å². The molecule has 3 rings (SSSR count). The van der Waals surface area contributed by atoms with Crippen LogP contribution in [0.15, 0.2) is 29.0 Å². The second kappa shape index (κ2) is 4.23. The van der Waals surface area contributed by atoms with E-state index in [-0.39, 0.29) is 0 Å². The van der Waals surface area contributed by atoms with E-state index in [9.17, 15) is 0 Å². The summed E-state index contributed by atoms with van der Waals surface area (Å²) in [5.41, 5.74) is 7.69. The zero-order valence-corrected chi connectivity index (χ0v) is 10.00. The summed E-state index contributed by atoms with van der Waals surface area (Å²) in [6, 6.07) is 3.92. The van der Waals surface area contributed by atoms with Gasteiger partial charge in [0, 0.05) is 31.2 Å². The Morgan fingerprint density at radius 3 is 3.06 bits per heavy atom. The zero-order chi connectivity index (χ0) is 12.5. The molecule has 0 bridgehead atoms. The van der Waals surface area contributed by atoms with Gasteiger partial charge in [-0.2, -0.15) is 4.98 Å². The smallest absolute Gasteiger partial charge is 0.223 e. The third-order valence-corrected chi connectivity index (χ3v) is 2.82. The van der Waals surface area contributed by atoms with Gasteiger partial charge in [0.25, 0.3) is 0 Å². The lowest BCUT2D eigenvalue weighted by Gasteiger charge is -1.99. The molecule has 18 heavy (non-hydrogen) atoms. The Balaban J connectivity index is 2.06. The second-order valence-corrected chi connectivity index (χ2v) is 4.09. The average Bonchev–Trinajstić information content (AvgIpc) is 2.95. The largest absolute Gasteiger partial charge is 0.340 e. The molecule has 0 saturated heterocycles. The average molecular weight is 243 g/mol. The van der Waals surface area contributed by atoms with Gasteiger partial charge >= 0.3 is 0 Å². The lowest BCUT2D eigenvalue weighted by Crippen LogP contribution is -2.01. The van der Waals surface area contributed by atoms with Gasteiger partial charge in [-0.15, -0.1) is 0 Å². The van der Waals surface area contributed by atoms with Crippen molar-refractivity contribution in [2.45, 2.75) is 20.0 Å². The second-order valence-electron chi connectivity index (χ2n) is 4.09. The summed E-state index contributed by atoms with van der Waals surface area (Å²) >= 11 is 0. The number of fused-ring (bicyclic) bond motifs is 1. The standard InChI is InChI=1S/C12H13N5O/c1-8-15-11(16-18-8)7-17-6-9(5-13)10-3-2-4-14-12(10)17/h2-4,6H,5,7,13H2,1H3. The number of hydrogen-bond acceptors (Lipinski definition) is 5. The molecule has 0 amide bonds. The van der Waals surface area contributed by atoms with Crippen molar-refractivity contribution in [2.24, 2.45) is 5.73 Å². The highest BCUT2D eigenvalue weighted by Crippen LogP contribution is 2.19. The summed E-state index contributed by atoms with van der Waals surface area (Å²) in [7, 11) is 0. The van der Waals surface area contributed by atoms with E-state index in [0.29, 0.717) is 24.8 Å². The molecule has 3 heterocycles. The molecule has 0 aliphatic heterocycles. The molecule has 0 aromatic carbocycles. The van der Waals surface area contributed by atoms with Crippen LogP contribution in [0.2, 0.25) is 0 Å². The SMILES string of the molecule is Cc1nc(Cn2cc(CN)c3cccnc32)no1. The topological polar surface area (TPSA) is 82.8 Å². The molecule has 2 N–H and O–H groups in total. The molecule has 0 fully saturated rings. The first-order valence-corrected chi connectivity index (χ1v) is 5.70. The number of aryl methyl sites for hydroxylation is 1. The Kier molecular flexibility index (Phi) is 2.56. The molecular formula is C12H13N5O. The van der Waals surface area contributed by atoms with Crippen molar-refractivity contribution in [1.29, 1.82) is 0 Å².